The second kappa shape index (κ2) is 5.97. The summed E-state index contributed by atoms with van der Waals surface area (Å²) in [6, 6.07) is 9.26. The maximum absolute atomic E-state index is 11.9. The van der Waals surface area contributed by atoms with Crippen molar-refractivity contribution < 1.29 is 9.53 Å². The predicted molar refractivity (Wildman–Crippen MR) is 79.5 cm³/mol. The highest BCUT2D eigenvalue weighted by atomic mass is 16.5. The van der Waals surface area contributed by atoms with Crippen molar-refractivity contribution in [3.8, 4) is 5.69 Å². The van der Waals surface area contributed by atoms with Crippen LogP contribution < -0.4 is 10.6 Å². The number of nitrogens with zero attached hydrogens (tertiary/aromatic N) is 2. The van der Waals surface area contributed by atoms with E-state index in [2.05, 4.69) is 15.7 Å². The van der Waals surface area contributed by atoms with Crippen LogP contribution in [0.2, 0.25) is 0 Å². The average Bonchev–Trinajstić information content (AvgIpc) is 3.12. The molecule has 0 aliphatic carbocycles. The van der Waals surface area contributed by atoms with Crippen LogP contribution in [0.3, 0.4) is 0 Å². The van der Waals surface area contributed by atoms with Crippen LogP contribution >= 0.6 is 0 Å². The minimum atomic E-state index is -0.204. The molecule has 21 heavy (non-hydrogen) atoms. The number of rotatable bonds is 3. The molecule has 0 bridgehead atoms. The smallest absolute Gasteiger partial charge is 0.319 e. The summed E-state index contributed by atoms with van der Waals surface area (Å²) in [6.07, 6.45) is 4.52. The van der Waals surface area contributed by atoms with Gasteiger partial charge in [0.2, 0.25) is 0 Å². The zero-order chi connectivity index (χ0) is 14.7. The molecule has 0 saturated carbocycles. The van der Waals surface area contributed by atoms with Crippen LogP contribution in [0.1, 0.15) is 13.3 Å². The van der Waals surface area contributed by atoms with Crippen molar-refractivity contribution in [3.05, 3.63) is 42.7 Å². The molecule has 0 spiro atoms. The van der Waals surface area contributed by atoms with Gasteiger partial charge < -0.3 is 15.4 Å². The Labute approximate surface area is 123 Å². The minimum Gasteiger partial charge on any atom is -0.376 e. The number of amides is 2. The van der Waals surface area contributed by atoms with Crippen molar-refractivity contribution in [1.82, 2.24) is 15.1 Å². The summed E-state index contributed by atoms with van der Waals surface area (Å²) in [5.74, 6) is 0. The monoisotopic (exact) mass is 286 g/mol. The fourth-order valence-electron chi connectivity index (χ4n) is 2.38. The SMILES string of the molecule is CC1OCCC1NC(=O)Nc1ccc(-n2cccn2)cc1. The molecular formula is C15H18N4O2. The Morgan fingerprint density at radius 3 is 2.81 bits per heavy atom. The minimum absolute atomic E-state index is 0.0675. The van der Waals surface area contributed by atoms with E-state index in [1.165, 1.54) is 0 Å². The Hall–Kier alpha value is -2.34. The molecule has 2 amide bonds. The van der Waals surface area contributed by atoms with E-state index in [0.717, 1.165) is 17.8 Å². The van der Waals surface area contributed by atoms with Gasteiger partial charge in [0.25, 0.3) is 0 Å². The van der Waals surface area contributed by atoms with Gasteiger partial charge in [0.1, 0.15) is 0 Å². The van der Waals surface area contributed by atoms with Gasteiger partial charge in [0.15, 0.2) is 0 Å². The maximum atomic E-state index is 11.9. The Morgan fingerprint density at radius 1 is 1.38 bits per heavy atom. The van der Waals surface area contributed by atoms with Gasteiger partial charge >= 0.3 is 6.03 Å². The van der Waals surface area contributed by atoms with Gasteiger partial charge in [-0.05, 0) is 43.7 Å². The zero-order valence-electron chi connectivity index (χ0n) is 11.8. The number of hydrogen-bond donors (Lipinski definition) is 2. The third kappa shape index (κ3) is 3.22. The van der Waals surface area contributed by atoms with Crippen molar-refractivity contribution in [2.45, 2.75) is 25.5 Å². The lowest BCUT2D eigenvalue weighted by Crippen LogP contribution is -2.41. The van der Waals surface area contributed by atoms with Gasteiger partial charge in [-0.1, -0.05) is 0 Å². The molecule has 1 aliphatic rings. The summed E-state index contributed by atoms with van der Waals surface area (Å²) >= 11 is 0. The summed E-state index contributed by atoms with van der Waals surface area (Å²) in [7, 11) is 0. The molecule has 1 fully saturated rings. The highest BCUT2D eigenvalue weighted by molar-refractivity contribution is 5.89. The number of carbonyl (C=O) groups excluding carboxylic acids is 1. The van der Waals surface area contributed by atoms with E-state index in [4.69, 9.17) is 4.74 Å². The topological polar surface area (TPSA) is 68.2 Å². The summed E-state index contributed by atoms with van der Waals surface area (Å²) < 4.78 is 7.19. The van der Waals surface area contributed by atoms with Gasteiger partial charge in [-0.3, -0.25) is 0 Å². The van der Waals surface area contributed by atoms with Crippen molar-refractivity contribution in [1.29, 1.82) is 0 Å². The third-order valence-corrected chi connectivity index (χ3v) is 3.59. The lowest BCUT2D eigenvalue weighted by atomic mass is 10.2. The van der Waals surface area contributed by atoms with Crippen molar-refractivity contribution in [3.63, 3.8) is 0 Å². The van der Waals surface area contributed by atoms with E-state index in [1.54, 1.807) is 10.9 Å². The number of urea groups is 1. The third-order valence-electron chi connectivity index (χ3n) is 3.59. The molecule has 1 aromatic heterocycles. The Morgan fingerprint density at radius 2 is 2.19 bits per heavy atom. The highest BCUT2D eigenvalue weighted by Crippen LogP contribution is 2.14. The van der Waals surface area contributed by atoms with Crippen LogP contribution in [0, 0.1) is 0 Å². The second-order valence-electron chi connectivity index (χ2n) is 5.07. The molecule has 1 saturated heterocycles. The first-order valence-electron chi connectivity index (χ1n) is 7.01. The predicted octanol–water partition coefficient (Wildman–Crippen LogP) is 2.17. The fraction of sp³-hybridized carbons (Fsp3) is 0.333. The van der Waals surface area contributed by atoms with Gasteiger partial charge in [-0.2, -0.15) is 5.10 Å². The molecule has 6 nitrogen and oxygen atoms in total. The number of hydrogen-bond acceptors (Lipinski definition) is 3. The van der Waals surface area contributed by atoms with Crippen molar-refractivity contribution in [2.75, 3.05) is 11.9 Å². The lowest BCUT2D eigenvalue weighted by molar-refractivity contribution is 0.114. The molecule has 3 rings (SSSR count). The molecule has 6 heteroatoms. The molecule has 2 N–H and O–H groups in total. The lowest BCUT2D eigenvalue weighted by Gasteiger charge is -2.16. The van der Waals surface area contributed by atoms with E-state index < -0.39 is 0 Å². The Kier molecular flexibility index (Phi) is 3.87. The maximum Gasteiger partial charge on any atom is 0.319 e. The van der Waals surface area contributed by atoms with E-state index in [0.29, 0.717) is 6.61 Å². The molecule has 1 aromatic carbocycles. The van der Waals surface area contributed by atoms with Crippen LogP contribution in [0.4, 0.5) is 10.5 Å². The van der Waals surface area contributed by atoms with Gasteiger partial charge in [0.05, 0.1) is 17.8 Å². The summed E-state index contributed by atoms with van der Waals surface area (Å²) in [5.41, 5.74) is 1.69. The first-order valence-corrected chi connectivity index (χ1v) is 7.01. The molecule has 110 valence electrons. The number of ether oxygens (including phenoxy) is 1. The normalized spacial score (nSPS) is 21.2. The van der Waals surface area contributed by atoms with Gasteiger partial charge in [-0.25, -0.2) is 9.48 Å². The first kappa shape index (κ1) is 13.6. The van der Waals surface area contributed by atoms with E-state index >= 15 is 0 Å². The zero-order valence-corrected chi connectivity index (χ0v) is 11.8. The van der Waals surface area contributed by atoms with Crippen LogP contribution in [0.25, 0.3) is 5.69 Å². The van der Waals surface area contributed by atoms with Crippen LogP contribution in [-0.4, -0.2) is 34.6 Å². The largest absolute Gasteiger partial charge is 0.376 e. The first-order chi connectivity index (χ1) is 10.2. The van der Waals surface area contributed by atoms with Crippen LogP contribution in [0.15, 0.2) is 42.7 Å². The van der Waals surface area contributed by atoms with Gasteiger partial charge in [0, 0.05) is 24.7 Å². The van der Waals surface area contributed by atoms with E-state index in [-0.39, 0.29) is 18.2 Å². The van der Waals surface area contributed by atoms with Crippen molar-refractivity contribution >= 4 is 11.7 Å². The number of benzene rings is 1. The van der Waals surface area contributed by atoms with Crippen molar-refractivity contribution in [2.24, 2.45) is 0 Å². The second-order valence-corrected chi connectivity index (χ2v) is 5.07. The summed E-state index contributed by atoms with van der Waals surface area (Å²) in [5, 5.41) is 9.91. The molecule has 2 unspecified atom stereocenters. The average molecular weight is 286 g/mol. The Balaban J connectivity index is 1.58. The van der Waals surface area contributed by atoms with Crippen LogP contribution in [-0.2, 0) is 4.74 Å². The fourth-order valence-corrected chi connectivity index (χ4v) is 2.38. The summed E-state index contributed by atoms with van der Waals surface area (Å²) in [6.45, 7) is 2.67. The van der Waals surface area contributed by atoms with Crippen LogP contribution in [0.5, 0.6) is 0 Å². The molecule has 2 aromatic rings. The van der Waals surface area contributed by atoms with Gasteiger partial charge in [-0.15, -0.1) is 0 Å². The molecule has 1 aliphatic heterocycles. The highest BCUT2D eigenvalue weighted by Gasteiger charge is 2.25. The molecule has 0 radical (unpaired) electrons. The molecule has 2 atom stereocenters. The molecular weight excluding hydrogens is 268 g/mol. The number of anilines is 1. The number of aromatic nitrogens is 2. The Bertz CT molecular complexity index is 595. The standard InChI is InChI=1S/C15H18N4O2/c1-11-14(7-10-21-11)18-15(20)17-12-3-5-13(6-4-12)19-9-2-8-16-19/h2-6,8-9,11,14H,7,10H2,1H3,(H2,17,18,20). The number of nitrogens with one attached hydrogen (secondary N) is 2. The van der Waals surface area contributed by atoms with E-state index in [9.17, 15) is 4.79 Å². The molecule has 2 heterocycles. The van der Waals surface area contributed by atoms with E-state index in [1.807, 2.05) is 43.5 Å². The number of carbonyl (C=O) groups is 1. The summed E-state index contributed by atoms with van der Waals surface area (Å²) in [4.78, 5) is 11.9. The quantitative estimate of drug-likeness (QED) is 0.908.